The summed E-state index contributed by atoms with van der Waals surface area (Å²) in [6.07, 6.45) is 1.85. The molecule has 0 fully saturated rings. The maximum Gasteiger partial charge on any atom is 0.251 e. The van der Waals surface area contributed by atoms with Crippen LogP contribution < -0.4 is 19.1 Å². The molecule has 0 aromatic heterocycles. The number of amides is 1. The van der Waals surface area contributed by atoms with E-state index in [-0.39, 0.29) is 12.5 Å². The van der Waals surface area contributed by atoms with Gasteiger partial charge in [0.25, 0.3) is 5.91 Å². The molecule has 34 heavy (non-hydrogen) atoms. The fourth-order valence-electron chi connectivity index (χ4n) is 3.59. The van der Waals surface area contributed by atoms with Gasteiger partial charge < -0.3 is 14.8 Å². The Labute approximate surface area is 204 Å². The van der Waals surface area contributed by atoms with E-state index in [1.54, 1.807) is 42.5 Å². The minimum Gasteiger partial charge on any atom is -0.486 e. The van der Waals surface area contributed by atoms with Crippen molar-refractivity contribution in [2.45, 2.75) is 13.0 Å². The largest absolute Gasteiger partial charge is 0.486 e. The van der Waals surface area contributed by atoms with E-state index < -0.39 is 10.0 Å². The minimum absolute atomic E-state index is 0.122. The number of halogens is 1. The number of nitrogens with one attached hydrogen (secondary N) is 1. The Hall–Kier alpha value is -3.23. The molecule has 1 aliphatic heterocycles. The fraction of sp³-hybridized carbons (Fsp3) is 0.240. The average Bonchev–Trinajstić information content (AvgIpc) is 2.83. The highest BCUT2D eigenvalue weighted by Crippen LogP contribution is 2.35. The van der Waals surface area contributed by atoms with Crippen molar-refractivity contribution in [1.82, 2.24) is 5.32 Å². The van der Waals surface area contributed by atoms with E-state index >= 15 is 0 Å². The van der Waals surface area contributed by atoms with Crippen LogP contribution in [0.15, 0.2) is 66.7 Å². The number of ether oxygens (including phenoxy) is 2. The number of fused-ring (bicyclic) bond motifs is 1. The Morgan fingerprint density at radius 1 is 0.941 bits per heavy atom. The van der Waals surface area contributed by atoms with E-state index in [0.717, 1.165) is 17.4 Å². The van der Waals surface area contributed by atoms with Crippen molar-refractivity contribution >= 4 is 33.2 Å². The number of rotatable bonds is 8. The van der Waals surface area contributed by atoms with Gasteiger partial charge in [-0.3, -0.25) is 9.10 Å². The zero-order chi connectivity index (χ0) is 24.1. The molecule has 3 aromatic rings. The molecule has 1 amide bonds. The fourth-order valence-corrected chi connectivity index (χ4v) is 4.59. The lowest BCUT2D eigenvalue weighted by Crippen LogP contribution is -2.29. The third-order valence-electron chi connectivity index (χ3n) is 5.37. The summed E-state index contributed by atoms with van der Waals surface area (Å²) in [6, 6.07) is 19.5. The van der Waals surface area contributed by atoms with Crippen LogP contribution in [0.3, 0.4) is 0 Å². The molecule has 1 heterocycles. The summed E-state index contributed by atoms with van der Waals surface area (Å²) < 4.78 is 37.4. The van der Waals surface area contributed by atoms with E-state index in [4.69, 9.17) is 21.1 Å². The number of nitrogens with zero attached hydrogens (tertiary/aromatic N) is 1. The summed E-state index contributed by atoms with van der Waals surface area (Å²) in [5.74, 6) is 0.921. The number of carbonyl (C=O) groups is 1. The van der Waals surface area contributed by atoms with Gasteiger partial charge in [0.1, 0.15) is 13.2 Å². The monoisotopic (exact) mass is 500 g/mol. The van der Waals surface area contributed by atoms with Crippen molar-refractivity contribution in [1.29, 1.82) is 0 Å². The standard InChI is InChI=1S/C25H25ClN2O5S/c1-34(30,31)28(22-10-11-23-24(16-22)33-15-14-32-23)17-19-2-6-20(7-3-19)25(29)27-13-12-18-4-8-21(26)9-5-18/h2-11,16H,12-15,17H2,1H3,(H,27,29). The second-order valence-corrected chi connectivity index (χ2v) is 10.3. The SMILES string of the molecule is CS(=O)(=O)N(Cc1ccc(C(=O)NCCc2ccc(Cl)cc2)cc1)c1ccc2c(c1)OCCO2. The predicted molar refractivity (Wildman–Crippen MR) is 132 cm³/mol. The first-order valence-corrected chi connectivity index (χ1v) is 13.0. The molecule has 3 aromatic carbocycles. The van der Waals surface area contributed by atoms with E-state index in [1.165, 1.54) is 4.31 Å². The highest BCUT2D eigenvalue weighted by molar-refractivity contribution is 7.92. The van der Waals surface area contributed by atoms with Gasteiger partial charge in [-0.2, -0.15) is 0 Å². The first kappa shape index (κ1) is 23.9. The zero-order valence-electron chi connectivity index (χ0n) is 18.7. The van der Waals surface area contributed by atoms with E-state index in [9.17, 15) is 13.2 Å². The molecule has 0 saturated carbocycles. The third kappa shape index (κ3) is 6.01. The second kappa shape index (κ2) is 10.4. The number of hydrogen-bond donors (Lipinski definition) is 1. The Morgan fingerprint density at radius 2 is 1.59 bits per heavy atom. The van der Waals surface area contributed by atoms with Crippen LogP contribution in [0, 0.1) is 0 Å². The summed E-state index contributed by atoms with van der Waals surface area (Å²) in [7, 11) is -3.56. The molecule has 0 radical (unpaired) electrons. The van der Waals surface area contributed by atoms with Gasteiger partial charge >= 0.3 is 0 Å². The van der Waals surface area contributed by atoms with Gasteiger partial charge in [0, 0.05) is 23.2 Å². The molecule has 178 valence electrons. The summed E-state index contributed by atoms with van der Waals surface area (Å²) in [5.41, 5.74) is 2.82. The summed E-state index contributed by atoms with van der Waals surface area (Å²) in [6.45, 7) is 1.49. The summed E-state index contributed by atoms with van der Waals surface area (Å²) in [5, 5.41) is 3.57. The number of benzene rings is 3. The lowest BCUT2D eigenvalue weighted by molar-refractivity contribution is 0.0954. The normalized spacial score (nSPS) is 12.8. The van der Waals surface area contributed by atoms with Crippen LogP contribution in [0.5, 0.6) is 11.5 Å². The van der Waals surface area contributed by atoms with Crippen LogP contribution in [0.4, 0.5) is 5.69 Å². The molecular formula is C25H25ClN2O5S. The Balaban J connectivity index is 1.40. The quantitative estimate of drug-likeness (QED) is 0.504. The van der Waals surface area contributed by atoms with Crippen LogP contribution in [-0.2, 0) is 23.0 Å². The summed E-state index contributed by atoms with van der Waals surface area (Å²) in [4.78, 5) is 12.5. The molecule has 0 aliphatic carbocycles. The highest BCUT2D eigenvalue weighted by Gasteiger charge is 2.21. The summed E-state index contributed by atoms with van der Waals surface area (Å²) >= 11 is 5.89. The number of sulfonamides is 1. The third-order valence-corrected chi connectivity index (χ3v) is 6.76. The Bertz CT molecular complexity index is 1260. The highest BCUT2D eigenvalue weighted by atomic mass is 35.5. The van der Waals surface area contributed by atoms with Gasteiger partial charge in [-0.1, -0.05) is 35.9 Å². The van der Waals surface area contributed by atoms with E-state index in [2.05, 4.69) is 5.32 Å². The van der Waals surface area contributed by atoms with Crippen LogP contribution in [0.2, 0.25) is 5.02 Å². The van der Waals surface area contributed by atoms with Crippen molar-refractivity contribution in [3.63, 3.8) is 0 Å². The number of hydrogen-bond acceptors (Lipinski definition) is 5. The van der Waals surface area contributed by atoms with Crippen LogP contribution in [0.25, 0.3) is 0 Å². The van der Waals surface area contributed by atoms with Gasteiger partial charge in [-0.05, 0) is 53.9 Å². The molecule has 4 rings (SSSR count). The zero-order valence-corrected chi connectivity index (χ0v) is 20.2. The Morgan fingerprint density at radius 3 is 2.26 bits per heavy atom. The van der Waals surface area contributed by atoms with Crippen molar-refractivity contribution < 1.29 is 22.7 Å². The molecule has 0 unspecified atom stereocenters. The van der Waals surface area contributed by atoms with Crippen molar-refractivity contribution in [2.24, 2.45) is 0 Å². The second-order valence-electron chi connectivity index (χ2n) is 7.93. The molecule has 1 aliphatic rings. The van der Waals surface area contributed by atoms with E-state index in [0.29, 0.717) is 54.0 Å². The molecule has 0 spiro atoms. The van der Waals surface area contributed by atoms with Gasteiger partial charge in [0.05, 0.1) is 18.5 Å². The number of anilines is 1. The van der Waals surface area contributed by atoms with Gasteiger partial charge in [0.15, 0.2) is 11.5 Å². The first-order chi connectivity index (χ1) is 16.3. The maximum atomic E-state index is 12.5. The molecule has 7 nitrogen and oxygen atoms in total. The Kier molecular flexibility index (Phi) is 7.29. The average molecular weight is 501 g/mol. The van der Waals surface area contributed by atoms with Crippen LogP contribution >= 0.6 is 11.6 Å². The molecule has 9 heteroatoms. The van der Waals surface area contributed by atoms with Gasteiger partial charge in [-0.25, -0.2) is 8.42 Å². The molecule has 1 N–H and O–H groups in total. The number of carbonyl (C=O) groups excluding carboxylic acids is 1. The minimum atomic E-state index is -3.56. The molecule has 0 saturated heterocycles. The molecular weight excluding hydrogens is 476 g/mol. The maximum absolute atomic E-state index is 12.5. The lowest BCUT2D eigenvalue weighted by atomic mass is 10.1. The van der Waals surface area contributed by atoms with Gasteiger partial charge in [0.2, 0.25) is 10.0 Å². The predicted octanol–water partition coefficient (Wildman–Crippen LogP) is 4.05. The first-order valence-electron chi connectivity index (χ1n) is 10.8. The smallest absolute Gasteiger partial charge is 0.251 e. The van der Waals surface area contributed by atoms with Crippen molar-refractivity contribution in [3.8, 4) is 11.5 Å². The van der Waals surface area contributed by atoms with Crippen LogP contribution in [0.1, 0.15) is 21.5 Å². The molecule has 0 bridgehead atoms. The van der Waals surface area contributed by atoms with Crippen molar-refractivity contribution in [3.05, 3.63) is 88.4 Å². The van der Waals surface area contributed by atoms with E-state index in [1.807, 2.05) is 24.3 Å². The van der Waals surface area contributed by atoms with Crippen LogP contribution in [-0.4, -0.2) is 40.3 Å². The molecule has 0 atom stereocenters. The van der Waals surface area contributed by atoms with Gasteiger partial charge in [-0.15, -0.1) is 0 Å². The topological polar surface area (TPSA) is 84.9 Å². The van der Waals surface area contributed by atoms with Crippen molar-refractivity contribution in [2.75, 3.05) is 30.3 Å². The lowest BCUT2D eigenvalue weighted by Gasteiger charge is -2.25.